The Morgan fingerprint density at radius 1 is 1.41 bits per heavy atom. The summed E-state index contributed by atoms with van der Waals surface area (Å²) in [6, 6.07) is 8.84. The molecule has 1 aliphatic carbocycles. The summed E-state index contributed by atoms with van der Waals surface area (Å²) in [4.78, 5) is 2.37. The first-order chi connectivity index (χ1) is 8.18. The first kappa shape index (κ1) is 12.4. The average molecular weight is 234 g/mol. The highest BCUT2D eigenvalue weighted by atomic mass is 16.5. The number of benzene rings is 1. The van der Waals surface area contributed by atoms with Gasteiger partial charge in [0.1, 0.15) is 12.4 Å². The van der Waals surface area contributed by atoms with Crippen molar-refractivity contribution >= 4 is 0 Å². The summed E-state index contributed by atoms with van der Waals surface area (Å²) in [5.41, 5.74) is 7.00. The third kappa shape index (κ3) is 3.45. The zero-order valence-electron chi connectivity index (χ0n) is 10.7. The van der Waals surface area contributed by atoms with Crippen LogP contribution < -0.4 is 10.5 Å². The third-order valence-electron chi connectivity index (χ3n) is 3.28. The minimum Gasteiger partial charge on any atom is -0.492 e. The van der Waals surface area contributed by atoms with Crippen LogP contribution in [0.15, 0.2) is 24.3 Å². The van der Waals surface area contributed by atoms with Gasteiger partial charge in [0.05, 0.1) is 0 Å². The Hall–Kier alpha value is -1.06. The molecule has 1 aromatic rings. The maximum absolute atomic E-state index is 5.91. The molecule has 1 aliphatic rings. The Morgan fingerprint density at radius 2 is 2.12 bits per heavy atom. The summed E-state index contributed by atoms with van der Waals surface area (Å²) in [5.74, 6) is 0.923. The van der Waals surface area contributed by atoms with Gasteiger partial charge in [-0.2, -0.15) is 0 Å². The summed E-state index contributed by atoms with van der Waals surface area (Å²) in [6.07, 6.45) is 2.68. The zero-order chi connectivity index (χ0) is 12.3. The van der Waals surface area contributed by atoms with Gasteiger partial charge in [0, 0.05) is 24.2 Å². The highest BCUT2D eigenvalue weighted by Gasteiger charge is 2.25. The first-order valence-corrected chi connectivity index (χ1v) is 6.36. The number of nitrogens with zero attached hydrogens (tertiary/aromatic N) is 1. The van der Waals surface area contributed by atoms with Crippen LogP contribution in [0.2, 0.25) is 0 Å². The average Bonchev–Trinajstić information content (AvgIpc) is 3.13. The van der Waals surface area contributed by atoms with Crippen LogP contribution in [-0.4, -0.2) is 31.1 Å². The van der Waals surface area contributed by atoms with E-state index in [4.69, 9.17) is 10.5 Å². The smallest absolute Gasteiger partial charge is 0.124 e. The van der Waals surface area contributed by atoms with Crippen LogP contribution in [0.25, 0.3) is 0 Å². The Labute approximate surface area is 104 Å². The molecular weight excluding hydrogens is 212 g/mol. The van der Waals surface area contributed by atoms with Crippen LogP contribution in [0.1, 0.15) is 31.4 Å². The molecule has 0 saturated heterocycles. The van der Waals surface area contributed by atoms with E-state index in [1.54, 1.807) is 0 Å². The standard InChI is InChI=1S/C14H22N2O/c1-11(15)13-5-3-4-6-14(13)17-10-9-16(2)12-7-8-12/h3-6,11-12H,7-10,15H2,1-2H3. The van der Waals surface area contributed by atoms with Crippen LogP contribution in [0, 0.1) is 0 Å². The molecule has 94 valence electrons. The number of hydrogen-bond acceptors (Lipinski definition) is 3. The number of likely N-dealkylation sites (N-methyl/N-ethyl adjacent to an activating group) is 1. The van der Waals surface area contributed by atoms with Gasteiger partial charge in [-0.1, -0.05) is 18.2 Å². The molecule has 17 heavy (non-hydrogen) atoms. The van der Waals surface area contributed by atoms with E-state index < -0.39 is 0 Å². The Balaban J connectivity index is 1.85. The Morgan fingerprint density at radius 3 is 2.76 bits per heavy atom. The second kappa shape index (κ2) is 5.52. The maximum atomic E-state index is 5.91. The molecule has 3 heteroatoms. The molecule has 0 aliphatic heterocycles. The van der Waals surface area contributed by atoms with E-state index in [0.29, 0.717) is 0 Å². The monoisotopic (exact) mass is 234 g/mol. The van der Waals surface area contributed by atoms with E-state index in [0.717, 1.165) is 30.5 Å². The molecule has 1 fully saturated rings. The van der Waals surface area contributed by atoms with E-state index in [-0.39, 0.29) is 6.04 Å². The largest absolute Gasteiger partial charge is 0.492 e. The van der Waals surface area contributed by atoms with Gasteiger partial charge in [-0.05, 0) is 32.9 Å². The van der Waals surface area contributed by atoms with Crippen molar-refractivity contribution in [1.82, 2.24) is 4.90 Å². The van der Waals surface area contributed by atoms with Crippen molar-refractivity contribution in [2.45, 2.75) is 31.8 Å². The molecule has 1 aromatic carbocycles. The minimum absolute atomic E-state index is 0.0207. The van der Waals surface area contributed by atoms with Crippen LogP contribution in [0.3, 0.4) is 0 Å². The fourth-order valence-corrected chi connectivity index (χ4v) is 1.99. The number of rotatable bonds is 6. The second-order valence-corrected chi connectivity index (χ2v) is 4.89. The van der Waals surface area contributed by atoms with E-state index in [2.05, 4.69) is 11.9 Å². The van der Waals surface area contributed by atoms with Gasteiger partial charge in [-0.25, -0.2) is 0 Å². The summed E-state index contributed by atoms with van der Waals surface area (Å²) in [7, 11) is 2.17. The lowest BCUT2D eigenvalue weighted by atomic mass is 10.1. The number of ether oxygens (including phenoxy) is 1. The van der Waals surface area contributed by atoms with Crippen LogP contribution in [-0.2, 0) is 0 Å². The SMILES string of the molecule is CC(N)c1ccccc1OCCN(C)C1CC1. The number of para-hydroxylation sites is 1. The Kier molecular flexibility index (Phi) is 4.02. The quantitative estimate of drug-likeness (QED) is 0.820. The molecule has 0 amide bonds. The molecule has 2 rings (SSSR count). The predicted molar refractivity (Wildman–Crippen MR) is 70.2 cm³/mol. The molecule has 3 nitrogen and oxygen atoms in total. The van der Waals surface area contributed by atoms with Crippen LogP contribution in [0.5, 0.6) is 5.75 Å². The van der Waals surface area contributed by atoms with E-state index in [9.17, 15) is 0 Å². The van der Waals surface area contributed by atoms with Gasteiger partial charge in [-0.3, -0.25) is 0 Å². The van der Waals surface area contributed by atoms with E-state index in [1.165, 1.54) is 12.8 Å². The molecule has 0 heterocycles. The molecule has 1 atom stereocenters. The summed E-state index contributed by atoms with van der Waals surface area (Å²) in [6.45, 7) is 3.70. The zero-order valence-corrected chi connectivity index (χ0v) is 10.7. The van der Waals surface area contributed by atoms with Crippen LogP contribution in [0.4, 0.5) is 0 Å². The minimum atomic E-state index is 0.0207. The topological polar surface area (TPSA) is 38.5 Å². The lowest BCUT2D eigenvalue weighted by Gasteiger charge is -2.18. The summed E-state index contributed by atoms with van der Waals surface area (Å²) >= 11 is 0. The van der Waals surface area contributed by atoms with Crippen molar-refractivity contribution in [3.05, 3.63) is 29.8 Å². The van der Waals surface area contributed by atoms with Crippen LogP contribution >= 0.6 is 0 Å². The molecule has 1 unspecified atom stereocenters. The lowest BCUT2D eigenvalue weighted by Crippen LogP contribution is -2.26. The van der Waals surface area contributed by atoms with Gasteiger partial charge in [0.2, 0.25) is 0 Å². The third-order valence-corrected chi connectivity index (χ3v) is 3.28. The first-order valence-electron chi connectivity index (χ1n) is 6.36. The van der Waals surface area contributed by atoms with Crippen molar-refractivity contribution in [2.75, 3.05) is 20.2 Å². The highest BCUT2D eigenvalue weighted by Crippen LogP contribution is 2.26. The maximum Gasteiger partial charge on any atom is 0.124 e. The highest BCUT2D eigenvalue weighted by molar-refractivity contribution is 5.35. The van der Waals surface area contributed by atoms with E-state index in [1.807, 2.05) is 31.2 Å². The number of nitrogens with two attached hydrogens (primary N) is 1. The molecule has 2 N–H and O–H groups in total. The van der Waals surface area contributed by atoms with Gasteiger partial charge >= 0.3 is 0 Å². The van der Waals surface area contributed by atoms with Crippen molar-refractivity contribution in [3.8, 4) is 5.75 Å². The molecule has 1 saturated carbocycles. The lowest BCUT2D eigenvalue weighted by molar-refractivity contribution is 0.230. The normalized spacial score (nSPS) is 17.2. The fraction of sp³-hybridized carbons (Fsp3) is 0.571. The summed E-state index contributed by atoms with van der Waals surface area (Å²) < 4.78 is 5.83. The summed E-state index contributed by atoms with van der Waals surface area (Å²) in [5, 5.41) is 0. The predicted octanol–water partition coefficient (Wildman–Crippen LogP) is 2.18. The van der Waals surface area contributed by atoms with Gasteiger partial charge < -0.3 is 15.4 Å². The van der Waals surface area contributed by atoms with Gasteiger partial charge in [-0.15, -0.1) is 0 Å². The van der Waals surface area contributed by atoms with Gasteiger partial charge in [0.15, 0.2) is 0 Å². The molecule has 0 spiro atoms. The molecule has 0 aromatic heterocycles. The van der Waals surface area contributed by atoms with E-state index >= 15 is 0 Å². The van der Waals surface area contributed by atoms with Crippen molar-refractivity contribution in [1.29, 1.82) is 0 Å². The van der Waals surface area contributed by atoms with Crippen molar-refractivity contribution in [3.63, 3.8) is 0 Å². The number of hydrogen-bond donors (Lipinski definition) is 1. The molecular formula is C14H22N2O. The van der Waals surface area contributed by atoms with Crippen molar-refractivity contribution < 1.29 is 4.74 Å². The fourth-order valence-electron chi connectivity index (χ4n) is 1.99. The molecule has 0 radical (unpaired) electrons. The Bertz CT molecular complexity index is 361. The van der Waals surface area contributed by atoms with Gasteiger partial charge in [0.25, 0.3) is 0 Å². The molecule has 0 bridgehead atoms. The second-order valence-electron chi connectivity index (χ2n) is 4.89. The van der Waals surface area contributed by atoms with Crippen molar-refractivity contribution in [2.24, 2.45) is 5.73 Å².